The lowest BCUT2D eigenvalue weighted by Crippen LogP contribution is -2.36. The molecule has 0 spiro atoms. The van der Waals surface area contributed by atoms with Gasteiger partial charge in [0.15, 0.2) is 0 Å². The Bertz CT molecular complexity index is 902. The lowest BCUT2D eigenvalue weighted by atomic mass is 10.0. The van der Waals surface area contributed by atoms with Crippen LogP contribution < -0.4 is 15.8 Å². The number of aromatic nitrogens is 3. The summed E-state index contributed by atoms with van der Waals surface area (Å²) in [6, 6.07) is 1.29. The lowest BCUT2D eigenvalue weighted by Gasteiger charge is -2.30. The van der Waals surface area contributed by atoms with E-state index in [2.05, 4.69) is 32.1 Å². The second kappa shape index (κ2) is 9.21. The SMILES string of the molecule is C[C@@H]1CCCN(c2nn3c(C(=O)NCCN4CCCCCC4)cc(=O)nc3s2)C1. The van der Waals surface area contributed by atoms with Crippen LogP contribution in [0.3, 0.4) is 0 Å². The van der Waals surface area contributed by atoms with E-state index < -0.39 is 5.56 Å². The number of nitrogens with zero attached hydrogens (tertiary/aromatic N) is 5. The van der Waals surface area contributed by atoms with Gasteiger partial charge in [-0.1, -0.05) is 31.1 Å². The van der Waals surface area contributed by atoms with Gasteiger partial charge in [-0.15, -0.1) is 5.10 Å². The highest BCUT2D eigenvalue weighted by molar-refractivity contribution is 7.20. The zero-order chi connectivity index (χ0) is 20.2. The van der Waals surface area contributed by atoms with E-state index in [0.717, 1.165) is 44.3 Å². The fraction of sp³-hybridized carbons (Fsp3) is 0.700. The third-order valence-corrected chi connectivity index (χ3v) is 6.79. The average molecular weight is 419 g/mol. The van der Waals surface area contributed by atoms with Crippen molar-refractivity contribution in [3.63, 3.8) is 0 Å². The normalized spacial score (nSPS) is 21.3. The van der Waals surface area contributed by atoms with E-state index in [0.29, 0.717) is 17.4 Å². The van der Waals surface area contributed by atoms with Gasteiger partial charge in [0, 0.05) is 32.2 Å². The Balaban J connectivity index is 1.47. The molecule has 0 aliphatic carbocycles. The quantitative estimate of drug-likeness (QED) is 0.800. The Labute approximate surface area is 174 Å². The van der Waals surface area contributed by atoms with Crippen molar-refractivity contribution in [1.82, 2.24) is 24.8 Å². The molecule has 2 aliphatic rings. The van der Waals surface area contributed by atoms with Crippen LogP contribution in [-0.4, -0.2) is 64.7 Å². The summed E-state index contributed by atoms with van der Waals surface area (Å²) < 4.78 is 1.53. The van der Waals surface area contributed by atoms with Gasteiger partial charge >= 0.3 is 0 Å². The van der Waals surface area contributed by atoms with Gasteiger partial charge in [0.25, 0.3) is 11.5 Å². The van der Waals surface area contributed by atoms with E-state index in [1.54, 1.807) is 0 Å². The van der Waals surface area contributed by atoms with Gasteiger partial charge in [-0.05, 0) is 44.7 Å². The Morgan fingerprint density at radius 1 is 1.21 bits per heavy atom. The standard InChI is InChI=1S/C20H30N6O2S/c1-15-7-6-11-25(14-15)20-23-26-16(13-17(27)22-19(26)29-20)18(28)21-8-12-24-9-4-2-3-5-10-24/h13,15H,2-12,14H2,1H3,(H,21,28)/t15-/m1/s1. The van der Waals surface area contributed by atoms with E-state index in [1.807, 2.05) is 0 Å². The van der Waals surface area contributed by atoms with Crippen LogP contribution in [0.2, 0.25) is 0 Å². The van der Waals surface area contributed by atoms with Crippen LogP contribution in [0, 0.1) is 5.92 Å². The molecule has 0 saturated carbocycles. The summed E-state index contributed by atoms with van der Waals surface area (Å²) >= 11 is 1.38. The minimum Gasteiger partial charge on any atom is -0.349 e. The molecule has 0 bridgehead atoms. The fourth-order valence-electron chi connectivity index (χ4n) is 4.24. The highest BCUT2D eigenvalue weighted by Gasteiger charge is 2.22. The van der Waals surface area contributed by atoms with E-state index in [9.17, 15) is 9.59 Å². The maximum absolute atomic E-state index is 12.8. The molecule has 2 aromatic heterocycles. The number of amides is 1. The highest BCUT2D eigenvalue weighted by Crippen LogP contribution is 2.27. The number of fused-ring (bicyclic) bond motifs is 1. The van der Waals surface area contributed by atoms with Crippen molar-refractivity contribution < 1.29 is 4.79 Å². The van der Waals surface area contributed by atoms with Crippen molar-refractivity contribution in [1.29, 1.82) is 0 Å². The second-order valence-corrected chi connectivity index (χ2v) is 9.20. The third-order valence-electron chi connectivity index (χ3n) is 5.82. The van der Waals surface area contributed by atoms with Crippen molar-refractivity contribution >= 4 is 27.3 Å². The summed E-state index contributed by atoms with van der Waals surface area (Å²) in [5.74, 6) is 0.351. The predicted molar refractivity (Wildman–Crippen MR) is 115 cm³/mol. The Morgan fingerprint density at radius 3 is 2.76 bits per heavy atom. The monoisotopic (exact) mass is 418 g/mol. The fourth-order valence-corrected chi connectivity index (χ4v) is 5.18. The molecular formula is C20H30N6O2S. The Kier molecular flexibility index (Phi) is 6.44. The van der Waals surface area contributed by atoms with Crippen molar-refractivity contribution in [3.8, 4) is 0 Å². The smallest absolute Gasteiger partial charge is 0.274 e. The van der Waals surface area contributed by atoms with Gasteiger partial charge < -0.3 is 15.1 Å². The molecule has 29 heavy (non-hydrogen) atoms. The minimum atomic E-state index is -0.398. The van der Waals surface area contributed by atoms with Crippen LogP contribution >= 0.6 is 11.3 Å². The molecule has 1 amide bonds. The molecule has 4 rings (SSSR count). The number of piperidine rings is 1. The first-order valence-corrected chi connectivity index (χ1v) is 11.6. The van der Waals surface area contributed by atoms with Crippen molar-refractivity contribution in [2.24, 2.45) is 5.92 Å². The second-order valence-electron chi connectivity index (χ2n) is 8.26. The molecule has 1 atom stereocenters. The van der Waals surface area contributed by atoms with Gasteiger partial charge in [-0.2, -0.15) is 9.50 Å². The number of anilines is 1. The number of nitrogens with one attached hydrogen (secondary N) is 1. The van der Waals surface area contributed by atoms with E-state index >= 15 is 0 Å². The van der Waals surface area contributed by atoms with Crippen LogP contribution in [0.4, 0.5) is 5.13 Å². The van der Waals surface area contributed by atoms with Crippen LogP contribution in [0.25, 0.3) is 4.96 Å². The molecule has 2 fully saturated rings. The molecule has 4 heterocycles. The first kappa shape index (κ1) is 20.3. The largest absolute Gasteiger partial charge is 0.349 e. The number of likely N-dealkylation sites (tertiary alicyclic amines) is 1. The van der Waals surface area contributed by atoms with Crippen molar-refractivity contribution in [2.75, 3.05) is 44.2 Å². The molecule has 2 aliphatic heterocycles. The molecular weight excluding hydrogens is 388 g/mol. The third kappa shape index (κ3) is 4.95. The van der Waals surface area contributed by atoms with Crippen LogP contribution in [-0.2, 0) is 0 Å². The molecule has 2 aromatic rings. The van der Waals surface area contributed by atoms with Crippen LogP contribution in [0.15, 0.2) is 10.9 Å². The topological polar surface area (TPSA) is 82.8 Å². The number of carbonyl (C=O) groups excluding carboxylic acids is 1. The summed E-state index contributed by atoms with van der Waals surface area (Å²) in [5, 5.41) is 8.42. The van der Waals surface area contributed by atoms with Crippen molar-refractivity contribution in [2.45, 2.75) is 45.4 Å². The summed E-state index contributed by atoms with van der Waals surface area (Å²) in [5.41, 5.74) is -0.131. The average Bonchev–Trinajstić information content (AvgIpc) is 2.95. The summed E-state index contributed by atoms with van der Waals surface area (Å²) in [6.07, 6.45) is 7.40. The molecule has 0 radical (unpaired) electrons. The molecule has 1 N–H and O–H groups in total. The number of hydrogen-bond donors (Lipinski definition) is 1. The van der Waals surface area contributed by atoms with Gasteiger partial charge in [0.05, 0.1) is 0 Å². The van der Waals surface area contributed by atoms with E-state index in [-0.39, 0.29) is 11.6 Å². The zero-order valence-corrected chi connectivity index (χ0v) is 17.9. The maximum atomic E-state index is 12.8. The lowest BCUT2D eigenvalue weighted by molar-refractivity contribution is 0.0940. The Hall–Kier alpha value is -2.00. The van der Waals surface area contributed by atoms with Gasteiger partial charge in [-0.25, -0.2) is 0 Å². The van der Waals surface area contributed by atoms with E-state index in [1.165, 1.54) is 54.0 Å². The minimum absolute atomic E-state index is 0.266. The first-order valence-electron chi connectivity index (χ1n) is 10.8. The number of carbonyl (C=O) groups is 1. The predicted octanol–water partition coefficient (Wildman–Crippen LogP) is 1.99. The number of hydrogen-bond acceptors (Lipinski definition) is 7. The molecule has 0 unspecified atom stereocenters. The first-order chi connectivity index (χ1) is 14.1. The zero-order valence-electron chi connectivity index (χ0n) is 17.1. The Morgan fingerprint density at radius 2 is 2.00 bits per heavy atom. The molecule has 158 valence electrons. The molecule has 9 heteroatoms. The van der Waals surface area contributed by atoms with Gasteiger partial charge in [-0.3, -0.25) is 9.59 Å². The molecule has 8 nitrogen and oxygen atoms in total. The maximum Gasteiger partial charge on any atom is 0.274 e. The number of rotatable bonds is 5. The highest BCUT2D eigenvalue weighted by atomic mass is 32.1. The summed E-state index contributed by atoms with van der Waals surface area (Å²) in [4.78, 5) is 34.0. The molecule has 0 aromatic carbocycles. The molecule has 2 saturated heterocycles. The van der Waals surface area contributed by atoms with Crippen molar-refractivity contribution in [3.05, 3.63) is 22.1 Å². The van der Waals surface area contributed by atoms with Crippen LogP contribution in [0.1, 0.15) is 55.9 Å². The summed E-state index contributed by atoms with van der Waals surface area (Å²) in [7, 11) is 0. The summed E-state index contributed by atoms with van der Waals surface area (Å²) in [6.45, 7) is 7.73. The van der Waals surface area contributed by atoms with E-state index in [4.69, 9.17) is 0 Å². The van der Waals surface area contributed by atoms with Crippen LogP contribution in [0.5, 0.6) is 0 Å². The van der Waals surface area contributed by atoms with Gasteiger partial charge in [0.1, 0.15) is 5.69 Å². The van der Waals surface area contributed by atoms with Gasteiger partial charge in [0.2, 0.25) is 10.1 Å².